The van der Waals surface area contributed by atoms with Gasteiger partial charge in [0, 0.05) is 50.9 Å². The molecule has 1 saturated heterocycles. The summed E-state index contributed by atoms with van der Waals surface area (Å²) in [6.45, 7) is 10.4. The van der Waals surface area contributed by atoms with E-state index < -0.39 is 0 Å². The first-order chi connectivity index (χ1) is 16.9. The Hall–Kier alpha value is -3.15. The SMILES string of the molecule is CC1=CC(CNC(=O)c2ccccc2)C(C(C)C)CC1CC(=O)N1CCN(c2ccccn2)CC1. The molecular weight excluding hydrogens is 436 g/mol. The lowest BCUT2D eigenvalue weighted by molar-refractivity contribution is -0.132. The van der Waals surface area contributed by atoms with Gasteiger partial charge in [0.1, 0.15) is 5.82 Å². The average Bonchev–Trinajstić information content (AvgIpc) is 2.89. The number of carbonyl (C=O) groups is 2. The van der Waals surface area contributed by atoms with Crippen LogP contribution >= 0.6 is 0 Å². The molecule has 35 heavy (non-hydrogen) atoms. The summed E-state index contributed by atoms with van der Waals surface area (Å²) in [6.07, 6.45) is 5.69. The molecule has 2 aromatic rings. The van der Waals surface area contributed by atoms with E-state index in [0.717, 1.165) is 38.4 Å². The lowest BCUT2D eigenvalue weighted by Crippen LogP contribution is -2.49. The van der Waals surface area contributed by atoms with E-state index in [4.69, 9.17) is 0 Å². The highest BCUT2D eigenvalue weighted by molar-refractivity contribution is 5.94. The van der Waals surface area contributed by atoms with Crippen LogP contribution in [0.1, 0.15) is 44.0 Å². The number of pyridine rings is 1. The Morgan fingerprint density at radius 1 is 1.03 bits per heavy atom. The number of carbonyl (C=O) groups excluding carboxylic acids is 2. The fraction of sp³-hybridized carbons (Fsp3) is 0.483. The van der Waals surface area contributed by atoms with Crippen LogP contribution < -0.4 is 10.2 Å². The average molecular weight is 475 g/mol. The topological polar surface area (TPSA) is 65.5 Å². The zero-order chi connectivity index (χ0) is 24.8. The van der Waals surface area contributed by atoms with E-state index in [1.165, 1.54) is 5.57 Å². The fourth-order valence-electron chi connectivity index (χ4n) is 5.48. The first kappa shape index (κ1) is 25.0. The molecule has 2 aliphatic rings. The summed E-state index contributed by atoms with van der Waals surface area (Å²) in [5, 5.41) is 3.13. The minimum Gasteiger partial charge on any atom is -0.353 e. The van der Waals surface area contributed by atoms with Crippen molar-refractivity contribution in [2.45, 2.75) is 33.6 Å². The van der Waals surface area contributed by atoms with Gasteiger partial charge in [-0.2, -0.15) is 0 Å². The van der Waals surface area contributed by atoms with Crippen LogP contribution in [0.4, 0.5) is 5.82 Å². The number of aromatic nitrogens is 1. The van der Waals surface area contributed by atoms with E-state index in [-0.39, 0.29) is 23.7 Å². The number of hydrogen-bond acceptors (Lipinski definition) is 4. The molecule has 0 radical (unpaired) electrons. The smallest absolute Gasteiger partial charge is 0.251 e. The number of rotatable bonds is 7. The van der Waals surface area contributed by atoms with Crippen molar-refractivity contribution in [1.29, 1.82) is 0 Å². The Kier molecular flexibility index (Phi) is 8.21. The summed E-state index contributed by atoms with van der Waals surface area (Å²) in [6, 6.07) is 15.3. The highest BCUT2D eigenvalue weighted by Gasteiger charge is 2.34. The van der Waals surface area contributed by atoms with Crippen LogP contribution in [0.3, 0.4) is 0 Å². The van der Waals surface area contributed by atoms with Crippen LogP contribution in [-0.4, -0.2) is 54.4 Å². The zero-order valence-corrected chi connectivity index (χ0v) is 21.2. The van der Waals surface area contributed by atoms with Crippen molar-refractivity contribution in [1.82, 2.24) is 15.2 Å². The Bertz CT molecular complexity index is 1010. The van der Waals surface area contributed by atoms with E-state index in [1.807, 2.05) is 59.6 Å². The Morgan fingerprint density at radius 3 is 2.40 bits per heavy atom. The maximum Gasteiger partial charge on any atom is 0.251 e. The van der Waals surface area contributed by atoms with Crippen molar-refractivity contribution in [3.63, 3.8) is 0 Å². The zero-order valence-electron chi connectivity index (χ0n) is 21.2. The maximum absolute atomic E-state index is 13.2. The quantitative estimate of drug-likeness (QED) is 0.604. The van der Waals surface area contributed by atoms with Crippen molar-refractivity contribution in [3.05, 3.63) is 71.9 Å². The van der Waals surface area contributed by atoms with E-state index in [1.54, 1.807) is 0 Å². The predicted octanol–water partition coefficient (Wildman–Crippen LogP) is 4.40. The third kappa shape index (κ3) is 6.30. The second kappa shape index (κ2) is 11.5. The number of nitrogens with zero attached hydrogens (tertiary/aromatic N) is 3. The lowest BCUT2D eigenvalue weighted by atomic mass is 9.69. The van der Waals surface area contributed by atoms with Gasteiger partial charge in [-0.15, -0.1) is 0 Å². The molecule has 0 bridgehead atoms. The van der Waals surface area contributed by atoms with E-state index in [0.29, 0.717) is 30.4 Å². The predicted molar refractivity (Wildman–Crippen MR) is 140 cm³/mol. The fourth-order valence-corrected chi connectivity index (χ4v) is 5.48. The van der Waals surface area contributed by atoms with Gasteiger partial charge in [-0.1, -0.05) is 49.8 Å². The molecule has 3 atom stereocenters. The minimum atomic E-state index is -0.0266. The molecule has 1 fully saturated rings. The van der Waals surface area contributed by atoms with Crippen molar-refractivity contribution in [2.75, 3.05) is 37.6 Å². The second-order valence-electron chi connectivity index (χ2n) is 10.3. The molecule has 2 amide bonds. The summed E-state index contributed by atoms with van der Waals surface area (Å²) in [4.78, 5) is 34.5. The minimum absolute atomic E-state index is 0.0266. The van der Waals surface area contributed by atoms with Crippen molar-refractivity contribution < 1.29 is 9.59 Å². The monoisotopic (exact) mass is 474 g/mol. The molecule has 186 valence electrons. The van der Waals surface area contributed by atoms with Gasteiger partial charge in [-0.3, -0.25) is 9.59 Å². The van der Waals surface area contributed by atoms with Gasteiger partial charge in [0.15, 0.2) is 0 Å². The molecule has 0 spiro atoms. The molecule has 4 rings (SSSR count). The van der Waals surface area contributed by atoms with Gasteiger partial charge < -0.3 is 15.1 Å². The Morgan fingerprint density at radius 2 is 1.74 bits per heavy atom. The normalized spacial score (nSPS) is 22.6. The first-order valence-corrected chi connectivity index (χ1v) is 12.9. The summed E-state index contributed by atoms with van der Waals surface area (Å²) in [5.74, 6) is 2.69. The number of hydrogen-bond donors (Lipinski definition) is 1. The third-order valence-electron chi connectivity index (χ3n) is 7.64. The highest BCUT2D eigenvalue weighted by atomic mass is 16.2. The van der Waals surface area contributed by atoms with Crippen LogP contribution in [0.2, 0.25) is 0 Å². The molecule has 0 saturated carbocycles. The van der Waals surface area contributed by atoms with Gasteiger partial charge in [0.2, 0.25) is 5.91 Å². The van der Waals surface area contributed by atoms with Crippen molar-refractivity contribution >= 4 is 17.6 Å². The van der Waals surface area contributed by atoms with Crippen LogP contribution in [0.5, 0.6) is 0 Å². The summed E-state index contributed by atoms with van der Waals surface area (Å²) >= 11 is 0. The number of allylic oxidation sites excluding steroid dienone is 1. The van der Waals surface area contributed by atoms with Gasteiger partial charge >= 0.3 is 0 Å². The number of piperazine rings is 1. The molecule has 3 unspecified atom stereocenters. The summed E-state index contributed by atoms with van der Waals surface area (Å²) in [5.41, 5.74) is 1.97. The molecule has 1 aliphatic heterocycles. The van der Waals surface area contributed by atoms with Gasteiger partial charge in [-0.05, 0) is 61.3 Å². The Balaban J connectivity index is 1.33. The van der Waals surface area contributed by atoms with Crippen molar-refractivity contribution in [3.8, 4) is 0 Å². The van der Waals surface area contributed by atoms with Crippen molar-refractivity contribution in [2.24, 2.45) is 23.7 Å². The number of nitrogens with one attached hydrogen (secondary N) is 1. The summed E-state index contributed by atoms with van der Waals surface area (Å²) < 4.78 is 0. The Labute approximate surface area is 209 Å². The van der Waals surface area contributed by atoms with Crippen LogP contribution in [0.15, 0.2) is 66.4 Å². The first-order valence-electron chi connectivity index (χ1n) is 12.9. The van der Waals surface area contributed by atoms with Gasteiger partial charge in [0.05, 0.1) is 0 Å². The molecule has 1 aliphatic carbocycles. The lowest BCUT2D eigenvalue weighted by Gasteiger charge is -2.39. The number of anilines is 1. The number of benzene rings is 1. The molecule has 1 aromatic heterocycles. The third-order valence-corrected chi connectivity index (χ3v) is 7.64. The largest absolute Gasteiger partial charge is 0.353 e. The molecule has 6 nitrogen and oxygen atoms in total. The van der Waals surface area contributed by atoms with Crippen LogP contribution in [-0.2, 0) is 4.79 Å². The highest BCUT2D eigenvalue weighted by Crippen LogP contribution is 2.39. The van der Waals surface area contributed by atoms with Gasteiger partial charge in [0.25, 0.3) is 5.91 Å². The van der Waals surface area contributed by atoms with E-state index in [9.17, 15) is 9.59 Å². The molecule has 6 heteroatoms. The van der Waals surface area contributed by atoms with Crippen LogP contribution in [0, 0.1) is 23.7 Å². The van der Waals surface area contributed by atoms with Crippen LogP contribution in [0.25, 0.3) is 0 Å². The van der Waals surface area contributed by atoms with E-state index >= 15 is 0 Å². The standard InChI is InChI=1S/C29H38N4O2/c1-21(2)26-18-24(22(3)17-25(26)20-31-29(35)23-9-5-4-6-10-23)19-28(34)33-15-13-32(14-16-33)27-11-7-8-12-30-27/h4-12,17,21,24-26H,13-16,18-20H2,1-3H3,(H,31,35). The molecular formula is C29H38N4O2. The van der Waals surface area contributed by atoms with Gasteiger partial charge in [-0.25, -0.2) is 4.98 Å². The maximum atomic E-state index is 13.2. The summed E-state index contributed by atoms with van der Waals surface area (Å²) in [7, 11) is 0. The van der Waals surface area contributed by atoms with E-state index in [2.05, 4.69) is 42.0 Å². The molecule has 2 heterocycles. The molecule has 1 N–H and O–H groups in total. The molecule has 1 aromatic carbocycles. The number of amides is 2. The second-order valence-corrected chi connectivity index (χ2v) is 10.3.